The molecule has 0 aromatic rings. The summed E-state index contributed by atoms with van der Waals surface area (Å²) in [5.41, 5.74) is 10.8. The van der Waals surface area contributed by atoms with Crippen molar-refractivity contribution in [1.82, 2.24) is 10.6 Å². The number of aliphatic imine (C=N–C) groups is 1. The molecule has 0 aromatic carbocycles. The first-order valence-corrected chi connectivity index (χ1v) is 16.5. The van der Waals surface area contributed by atoms with E-state index in [0.717, 1.165) is 19.3 Å². The molecule has 0 fully saturated rings. The van der Waals surface area contributed by atoms with Crippen molar-refractivity contribution in [3.05, 3.63) is 0 Å². The normalized spacial score (nSPS) is 12.5. The Balaban J connectivity index is 4.24. The van der Waals surface area contributed by atoms with Gasteiger partial charge in [-0.05, 0) is 31.6 Å². The molecule has 0 aliphatic rings. The van der Waals surface area contributed by atoms with Gasteiger partial charge in [-0.3, -0.25) is 14.6 Å². The highest BCUT2D eigenvalue weighted by Crippen LogP contribution is 2.14. The van der Waals surface area contributed by atoms with E-state index in [1.807, 2.05) is 13.8 Å². The number of rotatable bonds is 27. The van der Waals surface area contributed by atoms with Gasteiger partial charge >= 0.3 is 5.97 Å². The molecule has 0 radical (unpaired) electrons. The summed E-state index contributed by atoms with van der Waals surface area (Å²) in [5, 5.41) is 5.47. The second-order valence-corrected chi connectivity index (χ2v) is 11.9. The van der Waals surface area contributed by atoms with Gasteiger partial charge in [0, 0.05) is 13.5 Å². The predicted octanol–water partition coefficient (Wildman–Crippen LogP) is 5.88. The van der Waals surface area contributed by atoms with Crippen LogP contribution in [0.2, 0.25) is 0 Å². The third-order valence-corrected chi connectivity index (χ3v) is 7.19. The molecule has 0 aliphatic carbocycles. The first kappa shape index (κ1) is 38.7. The average Bonchev–Trinajstić information content (AvgIpc) is 2.90. The standard InChI is InChI=1S/C32H63N5O4/c1-5-6-7-8-9-10-11-12-13-14-15-16-17-18-19-20-24-41-31(40)28(22-21-23-35-32(33)34)37-30(39)29(25-26(2)3)36-27(4)38/h26,28-29H,5-25H2,1-4H3,(H,36,38)(H,37,39)(H4,33,34,35)/t28-,29-/m0/s1. The Morgan fingerprint density at radius 1 is 0.707 bits per heavy atom. The number of amides is 2. The fourth-order valence-corrected chi connectivity index (χ4v) is 4.90. The van der Waals surface area contributed by atoms with Gasteiger partial charge in [0.1, 0.15) is 12.1 Å². The number of nitrogens with two attached hydrogens (primary N) is 2. The van der Waals surface area contributed by atoms with Crippen LogP contribution in [0.4, 0.5) is 0 Å². The van der Waals surface area contributed by atoms with Crippen molar-refractivity contribution in [3.63, 3.8) is 0 Å². The molecule has 2 atom stereocenters. The lowest BCUT2D eigenvalue weighted by molar-refractivity contribution is -0.148. The molecule has 0 aliphatic heterocycles. The van der Waals surface area contributed by atoms with Crippen molar-refractivity contribution in [2.75, 3.05) is 13.2 Å². The molecule has 2 amide bonds. The number of esters is 1. The Bertz CT molecular complexity index is 710. The van der Waals surface area contributed by atoms with E-state index in [4.69, 9.17) is 16.2 Å². The molecule has 0 bridgehead atoms. The molecule has 9 heteroatoms. The summed E-state index contributed by atoms with van der Waals surface area (Å²) >= 11 is 0. The van der Waals surface area contributed by atoms with Gasteiger partial charge in [-0.1, -0.05) is 117 Å². The average molecular weight is 582 g/mol. The maximum Gasteiger partial charge on any atom is 0.328 e. The van der Waals surface area contributed by atoms with Crippen molar-refractivity contribution in [1.29, 1.82) is 0 Å². The second kappa shape index (κ2) is 26.6. The number of hydrogen-bond donors (Lipinski definition) is 4. The monoisotopic (exact) mass is 581 g/mol. The van der Waals surface area contributed by atoms with Gasteiger partial charge in [0.05, 0.1) is 6.61 Å². The minimum Gasteiger partial charge on any atom is -0.464 e. The van der Waals surface area contributed by atoms with Gasteiger partial charge in [-0.15, -0.1) is 0 Å². The van der Waals surface area contributed by atoms with Crippen LogP contribution in [0.1, 0.15) is 150 Å². The summed E-state index contributed by atoms with van der Waals surface area (Å²) in [6.07, 6.45) is 21.9. The van der Waals surface area contributed by atoms with Crippen molar-refractivity contribution < 1.29 is 19.1 Å². The molecule has 6 N–H and O–H groups in total. The molecule has 240 valence electrons. The Labute approximate surface area is 250 Å². The first-order chi connectivity index (χ1) is 19.7. The number of hydrogen-bond acceptors (Lipinski definition) is 5. The van der Waals surface area contributed by atoms with Gasteiger partial charge in [-0.2, -0.15) is 0 Å². The molecule has 0 spiro atoms. The van der Waals surface area contributed by atoms with Crippen LogP contribution in [0.5, 0.6) is 0 Å². The quantitative estimate of drug-likeness (QED) is 0.0412. The van der Waals surface area contributed by atoms with Crippen molar-refractivity contribution >= 4 is 23.7 Å². The van der Waals surface area contributed by atoms with Crippen LogP contribution < -0.4 is 22.1 Å². The van der Waals surface area contributed by atoms with E-state index in [2.05, 4.69) is 22.5 Å². The maximum absolute atomic E-state index is 12.9. The number of carbonyl (C=O) groups excluding carboxylic acids is 3. The molecule has 0 aromatic heterocycles. The number of nitrogens with zero attached hydrogens (tertiary/aromatic N) is 1. The lowest BCUT2D eigenvalue weighted by Gasteiger charge is -2.23. The SMILES string of the molecule is CCCCCCCCCCCCCCCCCCOC(=O)[C@H](CCCN=C(N)N)NC(=O)[C@H](CC(C)C)NC(C)=O. The van der Waals surface area contributed by atoms with Crippen LogP contribution in [-0.4, -0.2) is 49.0 Å². The number of unbranched alkanes of at least 4 members (excludes halogenated alkanes) is 15. The zero-order valence-corrected chi connectivity index (χ0v) is 26.8. The number of carbonyl (C=O) groups is 3. The van der Waals surface area contributed by atoms with Gasteiger partial charge in [0.25, 0.3) is 0 Å². The highest BCUT2D eigenvalue weighted by Gasteiger charge is 2.27. The number of guanidine groups is 1. The van der Waals surface area contributed by atoms with Crippen molar-refractivity contribution in [3.8, 4) is 0 Å². The topological polar surface area (TPSA) is 149 Å². The van der Waals surface area contributed by atoms with E-state index < -0.39 is 18.1 Å². The summed E-state index contributed by atoms with van der Waals surface area (Å²) in [6, 6.07) is -1.53. The highest BCUT2D eigenvalue weighted by atomic mass is 16.5. The van der Waals surface area contributed by atoms with E-state index in [1.165, 1.54) is 90.4 Å². The third kappa shape index (κ3) is 25.1. The van der Waals surface area contributed by atoms with Gasteiger partial charge in [0.2, 0.25) is 11.8 Å². The lowest BCUT2D eigenvalue weighted by Crippen LogP contribution is -2.52. The molecular weight excluding hydrogens is 518 g/mol. The van der Waals surface area contributed by atoms with E-state index in [-0.39, 0.29) is 23.7 Å². The molecular formula is C32H63N5O4. The maximum atomic E-state index is 12.9. The molecule has 0 heterocycles. The second-order valence-electron chi connectivity index (χ2n) is 11.9. The van der Waals surface area contributed by atoms with Crippen LogP contribution in [0.3, 0.4) is 0 Å². The predicted molar refractivity (Wildman–Crippen MR) is 169 cm³/mol. The van der Waals surface area contributed by atoms with E-state index >= 15 is 0 Å². The van der Waals surface area contributed by atoms with Crippen LogP contribution in [-0.2, 0) is 19.1 Å². The third-order valence-electron chi connectivity index (χ3n) is 7.19. The molecule has 9 nitrogen and oxygen atoms in total. The summed E-state index contributed by atoms with van der Waals surface area (Å²) in [5.74, 6) is -0.962. The van der Waals surface area contributed by atoms with Crippen LogP contribution >= 0.6 is 0 Å². The molecule has 0 saturated carbocycles. The Kier molecular flexibility index (Phi) is 25.1. The summed E-state index contributed by atoms with van der Waals surface area (Å²) in [4.78, 5) is 41.3. The number of nitrogens with one attached hydrogen (secondary N) is 2. The highest BCUT2D eigenvalue weighted by molar-refractivity contribution is 5.90. The smallest absolute Gasteiger partial charge is 0.328 e. The molecule has 41 heavy (non-hydrogen) atoms. The minimum absolute atomic E-state index is 0.0145. The van der Waals surface area contributed by atoms with E-state index in [1.54, 1.807) is 0 Å². The fourth-order valence-electron chi connectivity index (χ4n) is 4.90. The minimum atomic E-state index is -0.818. The zero-order valence-electron chi connectivity index (χ0n) is 26.8. The summed E-state index contributed by atoms with van der Waals surface area (Å²) in [7, 11) is 0. The van der Waals surface area contributed by atoms with Crippen molar-refractivity contribution in [2.24, 2.45) is 22.4 Å². The van der Waals surface area contributed by atoms with Gasteiger partial charge in [0.15, 0.2) is 5.96 Å². The number of ether oxygens (including phenoxy) is 1. The summed E-state index contributed by atoms with van der Waals surface area (Å²) < 4.78 is 5.52. The van der Waals surface area contributed by atoms with E-state index in [0.29, 0.717) is 32.4 Å². The van der Waals surface area contributed by atoms with Crippen LogP contribution in [0.15, 0.2) is 4.99 Å². The van der Waals surface area contributed by atoms with Crippen LogP contribution in [0, 0.1) is 5.92 Å². The van der Waals surface area contributed by atoms with Gasteiger partial charge < -0.3 is 26.8 Å². The largest absolute Gasteiger partial charge is 0.464 e. The Morgan fingerprint density at radius 3 is 1.63 bits per heavy atom. The lowest BCUT2D eigenvalue weighted by atomic mass is 10.0. The van der Waals surface area contributed by atoms with E-state index in [9.17, 15) is 14.4 Å². The summed E-state index contributed by atoms with van der Waals surface area (Å²) in [6.45, 7) is 8.27. The Hall–Kier alpha value is -2.32. The van der Waals surface area contributed by atoms with Crippen molar-refractivity contribution in [2.45, 2.75) is 162 Å². The fraction of sp³-hybridized carbons (Fsp3) is 0.875. The molecule has 0 rings (SSSR count). The van der Waals surface area contributed by atoms with Crippen LogP contribution in [0.25, 0.3) is 0 Å². The van der Waals surface area contributed by atoms with Gasteiger partial charge in [-0.25, -0.2) is 4.79 Å². The Morgan fingerprint density at radius 2 is 1.20 bits per heavy atom. The first-order valence-electron chi connectivity index (χ1n) is 16.5. The zero-order chi connectivity index (χ0) is 30.7. The molecule has 0 saturated heterocycles. The molecule has 0 unspecified atom stereocenters.